The van der Waals surface area contributed by atoms with Gasteiger partial charge in [0.1, 0.15) is 0 Å². The van der Waals surface area contributed by atoms with Crippen molar-refractivity contribution in [3.63, 3.8) is 0 Å². The first-order valence-corrected chi connectivity index (χ1v) is 8.92. The molecule has 1 amide bonds. The number of para-hydroxylation sites is 1. The monoisotopic (exact) mass is 361 g/mol. The predicted octanol–water partition coefficient (Wildman–Crippen LogP) is 3.76. The van der Waals surface area contributed by atoms with Crippen LogP contribution in [-0.2, 0) is 6.54 Å². The van der Waals surface area contributed by atoms with Crippen molar-refractivity contribution in [1.29, 1.82) is 0 Å². The zero-order valence-electron chi connectivity index (χ0n) is 13.8. The van der Waals surface area contributed by atoms with E-state index in [1.54, 1.807) is 6.20 Å². The standard InChI is InChI=1S/C20H15N3O2S/c24-18-11-10-15(13-23(18)12-14-6-2-1-3-7-14)19(25)22-20-21-16-8-4-5-9-17(16)26-20/h1-11,13H,12H2,(H,21,22,25). The number of thiazole rings is 1. The molecular weight excluding hydrogens is 346 g/mol. The Morgan fingerprint density at radius 1 is 1.00 bits per heavy atom. The number of hydrogen-bond donors (Lipinski definition) is 1. The van der Waals surface area contributed by atoms with Crippen LogP contribution in [0.3, 0.4) is 0 Å². The SMILES string of the molecule is O=C(Nc1nc2ccccc2s1)c1ccc(=O)n(Cc2ccccc2)c1. The van der Waals surface area contributed by atoms with Crippen molar-refractivity contribution >= 4 is 32.6 Å². The third-order valence-electron chi connectivity index (χ3n) is 3.96. The third-order valence-corrected chi connectivity index (χ3v) is 4.91. The number of benzene rings is 2. The highest BCUT2D eigenvalue weighted by atomic mass is 32.1. The molecule has 0 bridgehead atoms. The first-order valence-electron chi connectivity index (χ1n) is 8.10. The molecule has 0 aliphatic carbocycles. The number of nitrogens with one attached hydrogen (secondary N) is 1. The fourth-order valence-corrected chi connectivity index (χ4v) is 3.53. The molecule has 2 aromatic heterocycles. The third kappa shape index (κ3) is 3.41. The molecule has 6 heteroatoms. The summed E-state index contributed by atoms with van der Waals surface area (Å²) in [7, 11) is 0. The summed E-state index contributed by atoms with van der Waals surface area (Å²) in [5.41, 5.74) is 2.12. The highest BCUT2D eigenvalue weighted by molar-refractivity contribution is 7.22. The number of hydrogen-bond acceptors (Lipinski definition) is 4. The van der Waals surface area contributed by atoms with E-state index in [2.05, 4.69) is 10.3 Å². The maximum Gasteiger partial charge on any atom is 0.258 e. The highest BCUT2D eigenvalue weighted by Gasteiger charge is 2.11. The van der Waals surface area contributed by atoms with E-state index in [4.69, 9.17) is 0 Å². The lowest BCUT2D eigenvalue weighted by atomic mass is 10.2. The van der Waals surface area contributed by atoms with Gasteiger partial charge >= 0.3 is 0 Å². The van der Waals surface area contributed by atoms with E-state index in [0.717, 1.165) is 15.8 Å². The van der Waals surface area contributed by atoms with Crippen LogP contribution in [0.5, 0.6) is 0 Å². The zero-order valence-corrected chi connectivity index (χ0v) is 14.6. The van der Waals surface area contributed by atoms with Gasteiger partial charge < -0.3 is 4.57 Å². The molecule has 0 fully saturated rings. The van der Waals surface area contributed by atoms with Gasteiger partial charge in [0.05, 0.1) is 22.3 Å². The first kappa shape index (κ1) is 16.2. The Morgan fingerprint density at radius 3 is 2.58 bits per heavy atom. The minimum Gasteiger partial charge on any atom is -0.310 e. The number of amides is 1. The minimum atomic E-state index is -0.286. The number of rotatable bonds is 4. The molecule has 0 atom stereocenters. The number of fused-ring (bicyclic) bond motifs is 1. The van der Waals surface area contributed by atoms with Gasteiger partial charge in [0.25, 0.3) is 11.5 Å². The van der Waals surface area contributed by atoms with Crippen molar-refractivity contribution < 1.29 is 4.79 Å². The van der Waals surface area contributed by atoms with Crippen molar-refractivity contribution in [3.05, 3.63) is 94.4 Å². The molecule has 2 heterocycles. The number of aromatic nitrogens is 2. The first-order chi connectivity index (χ1) is 12.7. The molecule has 0 radical (unpaired) electrons. The van der Waals surface area contributed by atoms with E-state index in [0.29, 0.717) is 17.2 Å². The average molecular weight is 361 g/mol. The van der Waals surface area contributed by atoms with Crippen molar-refractivity contribution in [2.75, 3.05) is 5.32 Å². The summed E-state index contributed by atoms with van der Waals surface area (Å²) in [4.78, 5) is 29.0. The summed E-state index contributed by atoms with van der Waals surface area (Å²) in [6.07, 6.45) is 1.58. The lowest BCUT2D eigenvalue weighted by molar-refractivity contribution is 0.102. The predicted molar refractivity (Wildman–Crippen MR) is 104 cm³/mol. The number of nitrogens with zero attached hydrogens (tertiary/aromatic N) is 2. The Bertz CT molecular complexity index is 1100. The van der Waals surface area contributed by atoms with Gasteiger partial charge in [0, 0.05) is 12.3 Å². The topological polar surface area (TPSA) is 64.0 Å². The van der Waals surface area contributed by atoms with Crippen LogP contribution in [0.2, 0.25) is 0 Å². The van der Waals surface area contributed by atoms with Crippen molar-refractivity contribution in [2.24, 2.45) is 0 Å². The van der Waals surface area contributed by atoms with Gasteiger partial charge in [-0.25, -0.2) is 4.98 Å². The second kappa shape index (κ2) is 6.93. The largest absolute Gasteiger partial charge is 0.310 e. The molecule has 2 aromatic carbocycles. The maximum absolute atomic E-state index is 12.5. The summed E-state index contributed by atoms with van der Waals surface area (Å²) in [6, 6.07) is 20.3. The van der Waals surface area contributed by atoms with Crippen LogP contribution in [-0.4, -0.2) is 15.5 Å². The van der Waals surface area contributed by atoms with E-state index >= 15 is 0 Å². The molecule has 0 saturated carbocycles. The van der Waals surface area contributed by atoms with Gasteiger partial charge in [-0.2, -0.15) is 0 Å². The van der Waals surface area contributed by atoms with E-state index in [1.807, 2.05) is 54.6 Å². The number of pyridine rings is 1. The van der Waals surface area contributed by atoms with Crippen LogP contribution < -0.4 is 10.9 Å². The zero-order chi connectivity index (χ0) is 17.9. The van der Waals surface area contributed by atoms with Gasteiger partial charge in [-0.05, 0) is 23.8 Å². The fraction of sp³-hybridized carbons (Fsp3) is 0.0500. The minimum absolute atomic E-state index is 0.148. The highest BCUT2D eigenvalue weighted by Crippen LogP contribution is 2.25. The number of carbonyl (C=O) groups excluding carboxylic acids is 1. The summed E-state index contributed by atoms with van der Waals surface area (Å²) in [5, 5.41) is 3.35. The molecule has 26 heavy (non-hydrogen) atoms. The molecule has 5 nitrogen and oxygen atoms in total. The Balaban J connectivity index is 1.57. The molecule has 0 unspecified atom stereocenters. The summed E-state index contributed by atoms with van der Waals surface area (Å²) >= 11 is 1.42. The Labute approximate surface area is 153 Å². The van der Waals surface area contributed by atoms with E-state index in [9.17, 15) is 9.59 Å². The summed E-state index contributed by atoms with van der Waals surface area (Å²) in [6.45, 7) is 0.419. The molecule has 0 aliphatic heterocycles. The lowest BCUT2D eigenvalue weighted by Crippen LogP contribution is -2.22. The van der Waals surface area contributed by atoms with Crippen molar-refractivity contribution in [1.82, 2.24) is 9.55 Å². The Hall–Kier alpha value is -3.25. The second-order valence-corrected chi connectivity index (χ2v) is 6.84. The van der Waals surface area contributed by atoms with Gasteiger partial charge in [-0.15, -0.1) is 0 Å². The van der Waals surface area contributed by atoms with E-state index < -0.39 is 0 Å². The molecule has 0 aliphatic rings. The molecule has 0 saturated heterocycles. The molecule has 128 valence electrons. The average Bonchev–Trinajstić information content (AvgIpc) is 3.06. The van der Waals surface area contributed by atoms with Crippen molar-refractivity contribution in [2.45, 2.75) is 6.54 Å². The van der Waals surface area contributed by atoms with E-state index in [-0.39, 0.29) is 11.5 Å². The lowest BCUT2D eigenvalue weighted by Gasteiger charge is -2.08. The normalized spacial score (nSPS) is 10.8. The Morgan fingerprint density at radius 2 is 1.77 bits per heavy atom. The van der Waals surface area contributed by atoms with Crippen LogP contribution in [0.15, 0.2) is 77.7 Å². The van der Waals surface area contributed by atoms with Gasteiger partial charge in [-0.1, -0.05) is 53.8 Å². The van der Waals surface area contributed by atoms with Crippen LogP contribution in [0.1, 0.15) is 15.9 Å². The number of anilines is 1. The van der Waals surface area contributed by atoms with Crippen LogP contribution in [0.25, 0.3) is 10.2 Å². The summed E-state index contributed by atoms with van der Waals surface area (Å²) < 4.78 is 2.54. The molecule has 0 spiro atoms. The van der Waals surface area contributed by atoms with Gasteiger partial charge in [0.2, 0.25) is 0 Å². The van der Waals surface area contributed by atoms with Crippen LogP contribution in [0.4, 0.5) is 5.13 Å². The van der Waals surface area contributed by atoms with Crippen molar-refractivity contribution in [3.8, 4) is 0 Å². The molecule has 1 N–H and O–H groups in total. The molecule has 4 aromatic rings. The van der Waals surface area contributed by atoms with Gasteiger partial charge in [0.15, 0.2) is 5.13 Å². The van der Waals surface area contributed by atoms with E-state index in [1.165, 1.54) is 28.0 Å². The van der Waals surface area contributed by atoms with Crippen LogP contribution in [0, 0.1) is 0 Å². The molecular formula is C20H15N3O2S. The van der Waals surface area contributed by atoms with Gasteiger partial charge in [-0.3, -0.25) is 14.9 Å². The van der Waals surface area contributed by atoms with Crippen LogP contribution >= 0.6 is 11.3 Å². The Kier molecular flexibility index (Phi) is 4.33. The number of carbonyl (C=O) groups is 1. The smallest absolute Gasteiger partial charge is 0.258 e. The second-order valence-electron chi connectivity index (χ2n) is 5.81. The quantitative estimate of drug-likeness (QED) is 0.602. The molecule has 4 rings (SSSR count). The maximum atomic E-state index is 12.5. The summed E-state index contributed by atoms with van der Waals surface area (Å²) in [5.74, 6) is -0.286. The fourth-order valence-electron chi connectivity index (χ4n) is 2.66.